The maximum Gasteiger partial charge on any atom is 0.300 e. The van der Waals surface area contributed by atoms with Crippen LogP contribution in [0, 0.1) is 13.8 Å². The summed E-state index contributed by atoms with van der Waals surface area (Å²) in [6.07, 6.45) is 0. The van der Waals surface area contributed by atoms with Gasteiger partial charge in [-0.1, -0.05) is 60.7 Å². The van der Waals surface area contributed by atoms with Crippen LogP contribution in [0.4, 0.5) is 5.69 Å². The molecule has 5 nitrogen and oxygen atoms in total. The number of methoxy groups -OCH3 is 1. The largest absolute Gasteiger partial charge is 0.507 e. The number of benzene rings is 4. The van der Waals surface area contributed by atoms with Crippen molar-refractivity contribution in [3.05, 3.63) is 113 Å². The van der Waals surface area contributed by atoms with E-state index in [1.807, 2.05) is 80.6 Å². The van der Waals surface area contributed by atoms with Crippen molar-refractivity contribution in [1.29, 1.82) is 0 Å². The maximum absolute atomic E-state index is 13.4. The highest BCUT2D eigenvalue weighted by molar-refractivity contribution is 6.51. The molecular weight excluding hydrogens is 438 g/mol. The van der Waals surface area contributed by atoms with Crippen LogP contribution in [0.1, 0.15) is 28.3 Å². The normalized spacial score (nSPS) is 17.2. The number of ether oxygens (including phenoxy) is 1. The lowest BCUT2D eigenvalue weighted by atomic mass is 9.94. The van der Waals surface area contributed by atoms with Gasteiger partial charge in [0.15, 0.2) is 0 Å². The lowest BCUT2D eigenvalue weighted by molar-refractivity contribution is -0.132. The van der Waals surface area contributed by atoms with Gasteiger partial charge in [0, 0.05) is 11.3 Å². The number of aryl methyl sites for hydroxylation is 2. The number of carbonyl (C=O) groups excluding carboxylic acids is 2. The van der Waals surface area contributed by atoms with Crippen molar-refractivity contribution in [3.8, 4) is 5.75 Å². The van der Waals surface area contributed by atoms with Gasteiger partial charge in [-0.05, 0) is 65.6 Å². The Kier molecular flexibility index (Phi) is 5.61. The predicted molar refractivity (Wildman–Crippen MR) is 138 cm³/mol. The second kappa shape index (κ2) is 8.76. The predicted octanol–water partition coefficient (Wildman–Crippen LogP) is 6.09. The number of anilines is 1. The molecule has 1 saturated heterocycles. The molecule has 0 saturated carbocycles. The fourth-order valence-electron chi connectivity index (χ4n) is 4.65. The van der Waals surface area contributed by atoms with Gasteiger partial charge in [-0.2, -0.15) is 0 Å². The first-order chi connectivity index (χ1) is 16.9. The molecule has 0 aromatic heterocycles. The highest BCUT2D eigenvalue weighted by Crippen LogP contribution is 2.43. The Bertz CT molecular complexity index is 1500. The minimum absolute atomic E-state index is 0.0661. The van der Waals surface area contributed by atoms with E-state index in [0.29, 0.717) is 22.6 Å². The van der Waals surface area contributed by atoms with E-state index < -0.39 is 17.7 Å². The molecule has 4 aromatic rings. The first kappa shape index (κ1) is 22.4. The number of aliphatic hydroxyl groups is 1. The van der Waals surface area contributed by atoms with Crippen LogP contribution < -0.4 is 9.64 Å². The monoisotopic (exact) mass is 463 g/mol. The standard InChI is InChI=1S/C30H25NO4/c1-18-8-9-19(2)25(16-18)31-27(21-12-14-24(35-3)15-13-21)26(29(33)30(31)34)28(32)23-11-10-20-6-4-5-7-22(20)17-23/h4-17,27,32H,1-3H3/b28-26-. The van der Waals surface area contributed by atoms with Gasteiger partial charge in [0.25, 0.3) is 11.7 Å². The minimum Gasteiger partial charge on any atom is -0.507 e. The Morgan fingerprint density at radius 2 is 1.57 bits per heavy atom. The molecule has 5 rings (SSSR count). The molecule has 1 aliphatic rings. The number of hydrogen-bond acceptors (Lipinski definition) is 4. The number of Topliss-reactive ketones (excluding diaryl/α,β-unsaturated/α-hetero) is 1. The molecular formula is C30H25NO4. The molecule has 0 radical (unpaired) electrons. The molecule has 1 amide bonds. The van der Waals surface area contributed by atoms with Gasteiger partial charge in [0.2, 0.25) is 0 Å². The van der Waals surface area contributed by atoms with E-state index in [0.717, 1.165) is 21.9 Å². The van der Waals surface area contributed by atoms with Crippen LogP contribution in [0.5, 0.6) is 5.75 Å². The zero-order valence-corrected chi connectivity index (χ0v) is 19.8. The molecule has 1 N–H and O–H groups in total. The van der Waals surface area contributed by atoms with Gasteiger partial charge in [-0.25, -0.2) is 0 Å². The van der Waals surface area contributed by atoms with E-state index in [1.165, 1.54) is 4.90 Å². The molecule has 174 valence electrons. The lowest BCUT2D eigenvalue weighted by Gasteiger charge is -2.27. The Morgan fingerprint density at radius 1 is 0.857 bits per heavy atom. The minimum atomic E-state index is -0.784. The third-order valence-corrected chi connectivity index (χ3v) is 6.52. The molecule has 1 atom stereocenters. The molecule has 1 unspecified atom stereocenters. The molecule has 35 heavy (non-hydrogen) atoms. The average Bonchev–Trinajstić information content (AvgIpc) is 3.14. The molecule has 0 bridgehead atoms. The van der Waals surface area contributed by atoms with Gasteiger partial charge in [-0.3, -0.25) is 14.5 Å². The first-order valence-corrected chi connectivity index (χ1v) is 11.4. The lowest BCUT2D eigenvalue weighted by Crippen LogP contribution is -2.30. The Hall–Kier alpha value is -4.38. The summed E-state index contributed by atoms with van der Waals surface area (Å²) >= 11 is 0. The molecule has 1 aliphatic heterocycles. The van der Waals surface area contributed by atoms with Crippen LogP contribution in [0.2, 0.25) is 0 Å². The van der Waals surface area contributed by atoms with Gasteiger partial charge in [0.05, 0.1) is 18.7 Å². The summed E-state index contributed by atoms with van der Waals surface area (Å²) in [5.41, 5.74) is 3.73. The van der Waals surface area contributed by atoms with Crippen LogP contribution in [0.15, 0.2) is 90.5 Å². The van der Waals surface area contributed by atoms with Crippen molar-refractivity contribution >= 4 is 33.9 Å². The summed E-state index contributed by atoms with van der Waals surface area (Å²) in [5, 5.41) is 13.4. The van der Waals surface area contributed by atoms with Crippen LogP contribution in [0.3, 0.4) is 0 Å². The summed E-state index contributed by atoms with van der Waals surface area (Å²) in [6.45, 7) is 3.85. The number of nitrogens with zero attached hydrogens (tertiary/aromatic N) is 1. The molecule has 5 heteroatoms. The van der Waals surface area contributed by atoms with Crippen molar-refractivity contribution in [1.82, 2.24) is 0 Å². The number of rotatable bonds is 4. The van der Waals surface area contributed by atoms with E-state index in [-0.39, 0.29) is 11.3 Å². The second-order valence-corrected chi connectivity index (χ2v) is 8.79. The van der Waals surface area contributed by atoms with Gasteiger partial charge in [0.1, 0.15) is 11.5 Å². The number of fused-ring (bicyclic) bond motifs is 1. The Morgan fingerprint density at radius 3 is 2.29 bits per heavy atom. The number of carbonyl (C=O) groups is 2. The van der Waals surface area contributed by atoms with Gasteiger partial charge in [-0.15, -0.1) is 0 Å². The van der Waals surface area contributed by atoms with Crippen molar-refractivity contribution in [2.24, 2.45) is 0 Å². The smallest absolute Gasteiger partial charge is 0.300 e. The molecule has 4 aromatic carbocycles. The van der Waals surface area contributed by atoms with E-state index in [2.05, 4.69) is 0 Å². The maximum atomic E-state index is 13.4. The fourth-order valence-corrected chi connectivity index (χ4v) is 4.65. The number of hydrogen-bond donors (Lipinski definition) is 1. The zero-order valence-electron chi connectivity index (χ0n) is 19.8. The van der Waals surface area contributed by atoms with Gasteiger partial charge >= 0.3 is 0 Å². The SMILES string of the molecule is COc1ccc(C2/C(=C(/O)c3ccc4ccccc4c3)C(=O)C(=O)N2c2cc(C)ccc2C)cc1. The van der Waals surface area contributed by atoms with Crippen molar-refractivity contribution in [2.45, 2.75) is 19.9 Å². The number of amides is 1. The quantitative estimate of drug-likeness (QED) is 0.226. The molecule has 0 aliphatic carbocycles. The first-order valence-electron chi connectivity index (χ1n) is 11.4. The molecule has 1 fully saturated rings. The molecule has 0 spiro atoms. The van der Waals surface area contributed by atoms with Crippen molar-refractivity contribution in [3.63, 3.8) is 0 Å². The third-order valence-electron chi connectivity index (χ3n) is 6.52. The fraction of sp³-hybridized carbons (Fsp3) is 0.133. The van der Waals surface area contributed by atoms with E-state index >= 15 is 0 Å². The Labute approximate surface area is 203 Å². The average molecular weight is 464 g/mol. The van der Waals surface area contributed by atoms with Crippen LogP contribution in [-0.2, 0) is 9.59 Å². The topological polar surface area (TPSA) is 66.8 Å². The highest BCUT2D eigenvalue weighted by Gasteiger charge is 2.47. The second-order valence-electron chi connectivity index (χ2n) is 8.79. The van der Waals surface area contributed by atoms with Crippen LogP contribution in [0.25, 0.3) is 16.5 Å². The highest BCUT2D eigenvalue weighted by atomic mass is 16.5. The van der Waals surface area contributed by atoms with E-state index in [4.69, 9.17) is 4.74 Å². The summed E-state index contributed by atoms with van der Waals surface area (Å²) in [5.74, 6) is -0.908. The van der Waals surface area contributed by atoms with Crippen LogP contribution >= 0.6 is 0 Å². The summed E-state index contributed by atoms with van der Waals surface area (Å²) in [6, 6.07) is 25.5. The van der Waals surface area contributed by atoms with Crippen LogP contribution in [-0.4, -0.2) is 23.9 Å². The van der Waals surface area contributed by atoms with Gasteiger partial charge < -0.3 is 9.84 Å². The summed E-state index contributed by atoms with van der Waals surface area (Å²) < 4.78 is 5.30. The molecule has 1 heterocycles. The van der Waals surface area contributed by atoms with E-state index in [1.54, 1.807) is 25.3 Å². The number of aliphatic hydroxyl groups excluding tert-OH is 1. The summed E-state index contributed by atoms with van der Waals surface area (Å²) in [7, 11) is 1.58. The van der Waals surface area contributed by atoms with Crippen molar-refractivity contribution < 1.29 is 19.4 Å². The third kappa shape index (κ3) is 3.85. The van der Waals surface area contributed by atoms with Crippen molar-refractivity contribution in [2.75, 3.05) is 12.0 Å². The Balaban J connectivity index is 1.74. The zero-order chi connectivity index (χ0) is 24.7. The van der Waals surface area contributed by atoms with E-state index in [9.17, 15) is 14.7 Å². The number of ketones is 1. The summed E-state index contributed by atoms with van der Waals surface area (Å²) in [4.78, 5) is 28.4.